The predicted molar refractivity (Wildman–Crippen MR) is 153 cm³/mol. The van der Waals surface area contributed by atoms with Crippen LogP contribution in [0, 0.1) is 28.0 Å². The second-order valence-corrected chi connectivity index (χ2v) is 12.4. The minimum atomic E-state index is -4.70. The Kier molecular flexibility index (Phi) is 10.1. The van der Waals surface area contributed by atoms with Crippen LogP contribution in [0.25, 0.3) is 0 Å². The molecule has 0 bridgehead atoms. The molecule has 1 aliphatic rings. The SMILES string of the molecule is Cc1cc(I)ccc1Nc1c(C(=O)NOCC2CC2)cc(S(=O)(=O)NC(CCCO)c2cccnc2)c(F)c1F. The van der Waals surface area contributed by atoms with Gasteiger partial charge >= 0.3 is 0 Å². The molecule has 2 aromatic carbocycles. The fraction of sp³-hybridized carbons (Fsp3) is 0.333. The molecule has 1 amide bonds. The number of aliphatic hydroxyl groups is 1. The van der Waals surface area contributed by atoms with Crippen LogP contribution in [0.3, 0.4) is 0 Å². The van der Waals surface area contributed by atoms with Crippen molar-refractivity contribution in [2.45, 2.75) is 43.5 Å². The molecule has 1 heterocycles. The minimum absolute atomic E-state index is 0.166. The third kappa shape index (κ3) is 7.51. The molecule has 1 unspecified atom stereocenters. The Balaban J connectivity index is 1.74. The van der Waals surface area contributed by atoms with Crippen molar-refractivity contribution in [1.82, 2.24) is 15.2 Å². The summed E-state index contributed by atoms with van der Waals surface area (Å²) in [6, 6.07) is 8.33. The summed E-state index contributed by atoms with van der Waals surface area (Å²) in [5, 5.41) is 12.0. The summed E-state index contributed by atoms with van der Waals surface area (Å²) < 4.78 is 61.2. The molecule has 3 aromatic rings. The number of hydrogen-bond acceptors (Lipinski definition) is 7. The van der Waals surface area contributed by atoms with Crippen LogP contribution in [-0.2, 0) is 14.9 Å². The van der Waals surface area contributed by atoms with Gasteiger partial charge in [-0.1, -0.05) is 6.07 Å². The summed E-state index contributed by atoms with van der Waals surface area (Å²) in [7, 11) is -4.70. The van der Waals surface area contributed by atoms with E-state index in [4.69, 9.17) is 4.84 Å². The molecule has 0 radical (unpaired) electrons. The molecule has 4 N–H and O–H groups in total. The van der Waals surface area contributed by atoms with E-state index >= 15 is 8.78 Å². The highest BCUT2D eigenvalue weighted by atomic mass is 127. The second kappa shape index (κ2) is 13.3. The number of nitrogens with zero attached hydrogens (tertiary/aromatic N) is 1. The maximum atomic E-state index is 15.6. The topological polar surface area (TPSA) is 130 Å². The number of nitrogens with one attached hydrogen (secondary N) is 3. The molecule has 1 fully saturated rings. The maximum absolute atomic E-state index is 15.6. The van der Waals surface area contributed by atoms with Gasteiger partial charge in [-0.25, -0.2) is 27.4 Å². The number of anilines is 2. The highest BCUT2D eigenvalue weighted by molar-refractivity contribution is 14.1. The number of carbonyl (C=O) groups excluding carboxylic acids is 1. The molecule has 1 saturated carbocycles. The van der Waals surface area contributed by atoms with E-state index in [1.165, 1.54) is 12.4 Å². The zero-order chi connectivity index (χ0) is 28.9. The Labute approximate surface area is 244 Å². The summed E-state index contributed by atoms with van der Waals surface area (Å²) in [5.74, 6) is -3.83. The number of sulfonamides is 1. The van der Waals surface area contributed by atoms with Crippen LogP contribution in [0.5, 0.6) is 0 Å². The summed E-state index contributed by atoms with van der Waals surface area (Å²) in [5.41, 5.74) is 2.81. The van der Waals surface area contributed by atoms with E-state index in [1.54, 1.807) is 31.2 Å². The van der Waals surface area contributed by atoms with E-state index in [-0.39, 0.29) is 26.1 Å². The number of halogens is 3. The van der Waals surface area contributed by atoms with Crippen molar-refractivity contribution in [3.05, 3.63) is 80.7 Å². The Morgan fingerprint density at radius 2 is 2.00 bits per heavy atom. The molecule has 1 aliphatic carbocycles. The van der Waals surface area contributed by atoms with Crippen molar-refractivity contribution in [3.63, 3.8) is 0 Å². The number of carbonyl (C=O) groups is 1. The Morgan fingerprint density at radius 1 is 1.23 bits per heavy atom. The van der Waals surface area contributed by atoms with E-state index in [0.717, 1.165) is 22.5 Å². The van der Waals surface area contributed by atoms with Gasteiger partial charge in [0.1, 0.15) is 4.90 Å². The fourth-order valence-corrected chi connectivity index (χ4v) is 5.99. The molecule has 0 saturated heterocycles. The number of aliphatic hydroxyl groups excluding tert-OH is 1. The normalized spacial score (nSPS) is 14.1. The fourth-order valence-electron chi connectivity index (χ4n) is 3.99. The first-order valence-electron chi connectivity index (χ1n) is 12.6. The van der Waals surface area contributed by atoms with E-state index in [9.17, 15) is 18.3 Å². The number of pyridine rings is 1. The summed E-state index contributed by atoms with van der Waals surface area (Å²) in [4.78, 5) is 21.3. The van der Waals surface area contributed by atoms with Crippen LogP contribution >= 0.6 is 22.6 Å². The number of benzene rings is 2. The van der Waals surface area contributed by atoms with Crippen molar-refractivity contribution in [1.29, 1.82) is 0 Å². The van der Waals surface area contributed by atoms with Gasteiger partial charge in [0, 0.05) is 34.3 Å². The average molecular weight is 687 g/mol. The van der Waals surface area contributed by atoms with Crippen LogP contribution in [-0.4, -0.2) is 37.6 Å². The molecule has 13 heteroatoms. The third-order valence-corrected chi connectivity index (χ3v) is 8.51. The van der Waals surface area contributed by atoms with E-state index < -0.39 is 49.8 Å². The van der Waals surface area contributed by atoms with Crippen molar-refractivity contribution >= 4 is 49.9 Å². The average Bonchev–Trinajstić information content (AvgIpc) is 3.75. The largest absolute Gasteiger partial charge is 0.396 e. The maximum Gasteiger partial charge on any atom is 0.277 e. The van der Waals surface area contributed by atoms with Gasteiger partial charge in [-0.05, 0) is 103 Å². The Hall–Kier alpha value is -2.72. The van der Waals surface area contributed by atoms with Gasteiger partial charge in [0.05, 0.1) is 17.9 Å². The van der Waals surface area contributed by atoms with Crippen LogP contribution < -0.4 is 15.5 Å². The van der Waals surface area contributed by atoms with Crippen LogP contribution in [0.15, 0.2) is 53.7 Å². The quantitative estimate of drug-likeness (QED) is 0.149. The number of aryl methyl sites for hydroxylation is 1. The molecule has 4 rings (SSSR count). The molecule has 1 aromatic heterocycles. The predicted octanol–water partition coefficient (Wildman–Crippen LogP) is 4.88. The molecule has 1 atom stereocenters. The first-order chi connectivity index (χ1) is 19.1. The number of amides is 1. The first kappa shape index (κ1) is 30.2. The van der Waals surface area contributed by atoms with E-state index in [0.29, 0.717) is 22.7 Å². The van der Waals surface area contributed by atoms with Gasteiger partial charge < -0.3 is 10.4 Å². The smallest absolute Gasteiger partial charge is 0.277 e. The van der Waals surface area contributed by atoms with Gasteiger partial charge in [-0.3, -0.25) is 14.6 Å². The van der Waals surface area contributed by atoms with E-state index in [1.807, 2.05) is 6.07 Å². The summed E-state index contributed by atoms with van der Waals surface area (Å²) >= 11 is 2.11. The van der Waals surface area contributed by atoms with E-state index in [2.05, 4.69) is 43.1 Å². The van der Waals surface area contributed by atoms with Crippen LogP contribution in [0.1, 0.15) is 53.2 Å². The number of hydroxylamine groups is 1. The first-order valence-corrected chi connectivity index (χ1v) is 15.2. The molecule has 214 valence electrons. The van der Waals surface area contributed by atoms with Gasteiger partial charge in [-0.15, -0.1) is 0 Å². The number of rotatable bonds is 13. The lowest BCUT2D eigenvalue weighted by Gasteiger charge is -2.21. The minimum Gasteiger partial charge on any atom is -0.396 e. The summed E-state index contributed by atoms with van der Waals surface area (Å²) in [6.07, 6.45) is 5.27. The van der Waals surface area contributed by atoms with Crippen LogP contribution in [0.4, 0.5) is 20.2 Å². The molecule has 9 nitrogen and oxygen atoms in total. The lowest BCUT2D eigenvalue weighted by molar-refractivity contribution is 0.0270. The monoisotopic (exact) mass is 686 g/mol. The highest BCUT2D eigenvalue weighted by Gasteiger charge is 2.31. The molecular formula is C27H29F2IN4O5S. The Bertz CT molecular complexity index is 1470. The van der Waals surface area contributed by atoms with Crippen molar-refractivity contribution in [3.8, 4) is 0 Å². The van der Waals surface area contributed by atoms with Crippen molar-refractivity contribution < 1.29 is 31.9 Å². The molecule has 0 spiro atoms. The van der Waals surface area contributed by atoms with Crippen molar-refractivity contribution in [2.75, 3.05) is 18.5 Å². The molecule has 0 aliphatic heterocycles. The van der Waals surface area contributed by atoms with Crippen LogP contribution in [0.2, 0.25) is 0 Å². The molecule has 40 heavy (non-hydrogen) atoms. The van der Waals surface area contributed by atoms with Gasteiger partial charge in [0.2, 0.25) is 10.0 Å². The van der Waals surface area contributed by atoms with Gasteiger partial charge in [-0.2, -0.15) is 0 Å². The van der Waals surface area contributed by atoms with Gasteiger partial charge in [0.15, 0.2) is 11.6 Å². The highest BCUT2D eigenvalue weighted by Crippen LogP contribution is 2.33. The number of aromatic nitrogens is 1. The van der Waals surface area contributed by atoms with Crippen molar-refractivity contribution in [2.24, 2.45) is 5.92 Å². The van der Waals surface area contributed by atoms with Gasteiger partial charge in [0.25, 0.3) is 5.91 Å². The molecular weight excluding hydrogens is 657 g/mol. The Morgan fingerprint density at radius 3 is 2.65 bits per heavy atom. The number of hydrogen-bond donors (Lipinski definition) is 4. The third-order valence-electron chi connectivity index (χ3n) is 6.37. The standard InChI is InChI=1S/C27H29F2IN4O5S/c1-16-12-19(30)8-9-21(16)32-26-20(27(36)33-39-15-17-6-7-17)13-23(24(28)25(26)29)40(37,38)34-22(5-3-11-35)18-4-2-10-31-14-18/h2,4,8-10,12-14,17,22,32,34-35H,3,5-7,11,15H2,1H3,(H,33,36). The zero-order valence-electron chi connectivity index (χ0n) is 21.6. The lowest BCUT2D eigenvalue weighted by atomic mass is 10.1. The zero-order valence-corrected chi connectivity index (χ0v) is 24.6. The lowest BCUT2D eigenvalue weighted by Crippen LogP contribution is -2.31. The second-order valence-electron chi connectivity index (χ2n) is 9.52. The summed E-state index contributed by atoms with van der Waals surface area (Å²) in [6.45, 7) is 1.80.